The van der Waals surface area contributed by atoms with Crippen molar-refractivity contribution in [2.75, 3.05) is 5.32 Å². The van der Waals surface area contributed by atoms with E-state index in [-0.39, 0.29) is 12.1 Å². The van der Waals surface area contributed by atoms with E-state index in [0.717, 1.165) is 6.07 Å². The number of amides is 2. The number of carbonyl (C=O) groups is 1. The number of urea groups is 1. The topological polar surface area (TPSA) is 74.2 Å². The van der Waals surface area contributed by atoms with E-state index in [1.165, 1.54) is 6.92 Å². The standard InChI is InChI=1S/C13H12F5N3O2/c1-7(4-5-19)20-12(22)21-8-2-3-10(23-11(14)15)9(6-8)13(16,17)18/h2-3,6-7,11H,4H2,1H3,(H2,20,21,22)/t7-/m0/s1. The summed E-state index contributed by atoms with van der Waals surface area (Å²) < 4.78 is 66.6. The molecule has 0 unspecified atom stereocenters. The van der Waals surface area contributed by atoms with Gasteiger partial charge in [-0.05, 0) is 25.1 Å². The van der Waals surface area contributed by atoms with E-state index in [2.05, 4.69) is 15.4 Å². The summed E-state index contributed by atoms with van der Waals surface area (Å²) >= 11 is 0. The number of nitrogens with one attached hydrogen (secondary N) is 2. The minimum atomic E-state index is -4.94. The van der Waals surface area contributed by atoms with Crippen molar-refractivity contribution in [3.05, 3.63) is 23.8 Å². The number of hydrogen-bond donors (Lipinski definition) is 2. The zero-order chi connectivity index (χ0) is 17.6. The number of halogens is 5. The van der Waals surface area contributed by atoms with Gasteiger partial charge in [-0.25, -0.2) is 4.79 Å². The normalized spacial score (nSPS) is 12.4. The molecule has 1 aromatic carbocycles. The van der Waals surface area contributed by atoms with Crippen LogP contribution < -0.4 is 15.4 Å². The van der Waals surface area contributed by atoms with Crippen molar-refractivity contribution in [1.82, 2.24) is 5.32 Å². The zero-order valence-corrected chi connectivity index (χ0v) is 11.7. The molecule has 0 saturated heterocycles. The van der Waals surface area contributed by atoms with Gasteiger partial charge in [-0.15, -0.1) is 0 Å². The molecule has 2 N–H and O–H groups in total. The van der Waals surface area contributed by atoms with Gasteiger partial charge in [-0.3, -0.25) is 0 Å². The highest BCUT2D eigenvalue weighted by atomic mass is 19.4. The van der Waals surface area contributed by atoms with Crippen LogP contribution in [-0.4, -0.2) is 18.7 Å². The summed E-state index contributed by atoms with van der Waals surface area (Å²) in [5.41, 5.74) is -1.71. The molecule has 0 radical (unpaired) electrons. The summed E-state index contributed by atoms with van der Waals surface area (Å²) in [7, 11) is 0. The highest BCUT2D eigenvalue weighted by Gasteiger charge is 2.35. The van der Waals surface area contributed by atoms with Gasteiger partial charge in [0, 0.05) is 11.7 Å². The van der Waals surface area contributed by atoms with Gasteiger partial charge in [0.1, 0.15) is 5.75 Å². The van der Waals surface area contributed by atoms with E-state index < -0.39 is 36.2 Å². The number of nitriles is 1. The van der Waals surface area contributed by atoms with Gasteiger partial charge in [0.05, 0.1) is 18.1 Å². The lowest BCUT2D eigenvalue weighted by Gasteiger charge is -2.16. The average Bonchev–Trinajstić information content (AvgIpc) is 2.38. The molecular weight excluding hydrogens is 325 g/mol. The van der Waals surface area contributed by atoms with E-state index in [1.54, 1.807) is 0 Å². The summed E-state index contributed by atoms with van der Waals surface area (Å²) in [6, 6.07) is 2.62. The molecule has 0 saturated carbocycles. The van der Waals surface area contributed by atoms with E-state index in [9.17, 15) is 26.7 Å². The highest BCUT2D eigenvalue weighted by molar-refractivity contribution is 5.89. The van der Waals surface area contributed by atoms with Gasteiger partial charge in [-0.1, -0.05) is 0 Å². The molecule has 0 aliphatic carbocycles. The number of hydrogen-bond acceptors (Lipinski definition) is 3. The lowest BCUT2D eigenvalue weighted by atomic mass is 10.1. The minimum Gasteiger partial charge on any atom is -0.434 e. The summed E-state index contributed by atoms with van der Waals surface area (Å²) in [5, 5.41) is 12.9. The van der Waals surface area contributed by atoms with Gasteiger partial charge in [0.25, 0.3) is 0 Å². The lowest BCUT2D eigenvalue weighted by Crippen LogP contribution is -2.35. The van der Waals surface area contributed by atoms with Crippen molar-refractivity contribution >= 4 is 11.7 Å². The zero-order valence-electron chi connectivity index (χ0n) is 11.7. The molecule has 0 spiro atoms. The molecule has 1 aromatic rings. The first-order valence-electron chi connectivity index (χ1n) is 6.24. The van der Waals surface area contributed by atoms with Gasteiger partial charge in [0.2, 0.25) is 0 Å². The van der Waals surface area contributed by atoms with Gasteiger partial charge >= 0.3 is 18.8 Å². The third-order valence-corrected chi connectivity index (χ3v) is 2.53. The Morgan fingerprint density at radius 3 is 2.57 bits per heavy atom. The number of benzene rings is 1. The molecule has 0 aliphatic rings. The maximum atomic E-state index is 12.8. The Labute approximate surface area is 128 Å². The van der Waals surface area contributed by atoms with E-state index >= 15 is 0 Å². The highest BCUT2D eigenvalue weighted by Crippen LogP contribution is 2.38. The van der Waals surface area contributed by atoms with Crippen LogP contribution in [0, 0.1) is 11.3 Å². The van der Waals surface area contributed by atoms with Crippen molar-refractivity contribution in [3.8, 4) is 11.8 Å². The molecule has 0 bridgehead atoms. The summed E-state index contributed by atoms with van der Waals surface area (Å²) in [6.45, 7) is -1.88. The maximum absolute atomic E-state index is 12.8. The van der Waals surface area contributed by atoms with Crippen LogP contribution in [0.4, 0.5) is 32.4 Å². The average molecular weight is 337 g/mol. The third-order valence-electron chi connectivity index (χ3n) is 2.53. The van der Waals surface area contributed by atoms with Crippen molar-refractivity contribution in [3.63, 3.8) is 0 Å². The minimum absolute atomic E-state index is 0.0163. The fourth-order valence-electron chi connectivity index (χ4n) is 1.61. The molecule has 0 heterocycles. The third kappa shape index (κ3) is 5.98. The van der Waals surface area contributed by atoms with Crippen LogP contribution in [0.25, 0.3) is 0 Å². The summed E-state index contributed by atoms with van der Waals surface area (Å²) in [5.74, 6) is -1.05. The van der Waals surface area contributed by atoms with Gasteiger partial charge in [-0.2, -0.15) is 27.2 Å². The Kier molecular flexibility index (Phi) is 6.12. The Balaban J connectivity index is 2.93. The number of rotatable bonds is 5. The fourth-order valence-corrected chi connectivity index (χ4v) is 1.61. The fraction of sp³-hybridized carbons (Fsp3) is 0.385. The molecule has 0 fully saturated rings. The Morgan fingerprint density at radius 2 is 2.04 bits per heavy atom. The number of nitrogens with zero attached hydrogens (tertiary/aromatic N) is 1. The molecule has 1 atom stereocenters. The van der Waals surface area contributed by atoms with Crippen LogP contribution >= 0.6 is 0 Å². The van der Waals surface area contributed by atoms with Crippen LogP contribution in [0.5, 0.6) is 5.75 Å². The lowest BCUT2D eigenvalue weighted by molar-refractivity contribution is -0.141. The number of anilines is 1. The first-order chi connectivity index (χ1) is 10.6. The summed E-state index contributed by atoms with van der Waals surface area (Å²) in [6.07, 6.45) is -4.92. The van der Waals surface area contributed by atoms with E-state index in [1.807, 2.05) is 6.07 Å². The van der Waals surface area contributed by atoms with Crippen molar-refractivity contribution < 1.29 is 31.5 Å². The maximum Gasteiger partial charge on any atom is 0.420 e. The number of ether oxygens (including phenoxy) is 1. The second-order valence-corrected chi connectivity index (χ2v) is 4.45. The quantitative estimate of drug-likeness (QED) is 0.804. The Bertz CT molecular complexity index is 598. The first kappa shape index (κ1) is 18.5. The van der Waals surface area contributed by atoms with Crippen LogP contribution in [0.3, 0.4) is 0 Å². The van der Waals surface area contributed by atoms with Gasteiger partial charge < -0.3 is 15.4 Å². The largest absolute Gasteiger partial charge is 0.434 e. The Morgan fingerprint density at radius 1 is 1.39 bits per heavy atom. The number of alkyl halides is 5. The van der Waals surface area contributed by atoms with E-state index in [0.29, 0.717) is 12.1 Å². The predicted molar refractivity (Wildman–Crippen MR) is 69.9 cm³/mol. The smallest absolute Gasteiger partial charge is 0.420 e. The van der Waals surface area contributed by atoms with E-state index in [4.69, 9.17) is 5.26 Å². The van der Waals surface area contributed by atoms with Gasteiger partial charge in [0.15, 0.2) is 0 Å². The van der Waals surface area contributed by atoms with Crippen LogP contribution in [0.15, 0.2) is 18.2 Å². The van der Waals surface area contributed by atoms with Crippen LogP contribution in [0.2, 0.25) is 0 Å². The predicted octanol–water partition coefficient (Wildman–Crippen LogP) is 3.73. The molecule has 1 rings (SSSR count). The van der Waals surface area contributed by atoms with Crippen molar-refractivity contribution in [2.24, 2.45) is 0 Å². The SMILES string of the molecule is C[C@@H](CC#N)NC(=O)Nc1ccc(OC(F)F)c(C(F)(F)F)c1. The molecule has 10 heteroatoms. The first-order valence-corrected chi connectivity index (χ1v) is 6.24. The molecule has 0 aliphatic heterocycles. The molecule has 23 heavy (non-hydrogen) atoms. The molecule has 126 valence electrons. The number of carbonyl (C=O) groups excluding carboxylic acids is 1. The molecule has 2 amide bonds. The monoisotopic (exact) mass is 337 g/mol. The van der Waals surface area contributed by atoms with Crippen molar-refractivity contribution in [1.29, 1.82) is 5.26 Å². The summed E-state index contributed by atoms with van der Waals surface area (Å²) in [4.78, 5) is 11.6. The second kappa shape index (κ2) is 7.62. The van der Waals surface area contributed by atoms with Crippen molar-refractivity contribution in [2.45, 2.75) is 32.2 Å². The molecule has 0 aromatic heterocycles. The van der Waals surface area contributed by atoms with Crippen LogP contribution in [0.1, 0.15) is 18.9 Å². The van der Waals surface area contributed by atoms with Crippen LogP contribution in [-0.2, 0) is 6.18 Å². The molecule has 5 nitrogen and oxygen atoms in total. The second-order valence-electron chi connectivity index (χ2n) is 4.45. The Hall–Kier alpha value is -2.57. The molecular formula is C13H12F5N3O2.